The second-order valence-electron chi connectivity index (χ2n) is 4.45. The summed E-state index contributed by atoms with van der Waals surface area (Å²) in [6.45, 7) is 2.66. The van der Waals surface area contributed by atoms with Crippen molar-refractivity contribution in [2.75, 3.05) is 11.9 Å². The molecule has 21 heavy (non-hydrogen) atoms. The van der Waals surface area contributed by atoms with Crippen molar-refractivity contribution in [1.82, 2.24) is 0 Å². The minimum Gasteiger partial charge on any atom is -0.494 e. The van der Waals surface area contributed by atoms with Gasteiger partial charge in [-0.1, -0.05) is 18.5 Å². The molecule has 0 aliphatic carbocycles. The normalized spacial score (nSPS) is 10.2. The first-order valence-electron chi connectivity index (χ1n) is 6.59. The van der Waals surface area contributed by atoms with E-state index in [2.05, 4.69) is 5.32 Å². The molecule has 0 radical (unpaired) electrons. The van der Waals surface area contributed by atoms with E-state index in [1.54, 1.807) is 24.3 Å². The SMILES string of the molecule is CCCOc1ccc(NC(=O)c2cc(Cl)ccc2F)cc1. The first-order chi connectivity index (χ1) is 10.1. The molecule has 5 heteroatoms. The fourth-order valence-electron chi connectivity index (χ4n) is 1.72. The fraction of sp³-hybridized carbons (Fsp3) is 0.188. The van der Waals surface area contributed by atoms with Gasteiger partial charge in [0.2, 0.25) is 0 Å². The summed E-state index contributed by atoms with van der Waals surface area (Å²) < 4.78 is 19.0. The van der Waals surface area contributed by atoms with Gasteiger partial charge < -0.3 is 10.1 Å². The molecule has 0 fully saturated rings. The van der Waals surface area contributed by atoms with E-state index >= 15 is 0 Å². The smallest absolute Gasteiger partial charge is 0.258 e. The number of anilines is 1. The molecule has 0 bridgehead atoms. The van der Waals surface area contributed by atoms with E-state index in [0.717, 1.165) is 12.2 Å². The molecule has 0 heterocycles. The van der Waals surface area contributed by atoms with Crippen LogP contribution in [0.4, 0.5) is 10.1 Å². The molecule has 2 rings (SSSR count). The number of benzene rings is 2. The number of carbonyl (C=O) groups is 1. The van der Waals surface area contributed by atoms with E-state index in [4.69, 9.17) is 16.3 Å². The van der Waals surface area contributed by atoms with Gasteiger partial charge >= 0.3 is 0 Å². The summed E-state index contributed by atoms with van der Waals surface area (Å²) in [6, 6.07) is 10.8. The van der Waals surface area contributed by atoms with Gasteiger partial charge in [-0.05, 0) is 48.9 Å². The van der Waals surface area contributed by atoms with Crippen molar-refractivity contribution in [2.24, 2.45) is 0 Å². The van der Waals surface area contributed by atoms with Gasteiger partial charge in [0.25, 0.3) is 5.91 Å². The minimum absolute atomic E-state index is 0.0891. The lowest BCUT2D eigenvalue weighted by Crippen LogP contribution is -2.13. The third-order valence-corrected chi connectivity index (χ3v) is 2.99. The molecule has 0 saturated heterocycles. The molecule has 2 aromatic rings. The summed E-state index contributed by atoms with van der Waals surface area (Å²) in [5.41, 5.74) is 0.469. The van der Waals surface area contributed by atoms with Crippen molar-refractivity contribution in [3.8, 4) is 5.75 Å². The highest BCUT2D eigenvalue weighted by Gasteiger charge is 2.12. The van der Waals surface area contributed by atoms with Crippen molar-refractivity contribution in [2.45, 2.75) is 13.3 Å². The first kappa shape index (κ1) is 15.3. The highest BCUT2D eigenvalue weighted by Crippen LogP contribution is 2.19. The maximum Gasteiger partial charge on any atom is 0.258 e. The number of hydrogen-bond acceptors (Lipinski definition) is 2. The molecule has 1 N–H and O–H groups in total. The first-order valence-corrected chi connectivity index (χ1v) is 6.97. The van der Waals surface area contributed by atoms with Crippen LogP contribution in [-0.4, -0.2) is 12.5 Å². The summed E-state index contributed by atoms with van der Waals surface area (Å²) >= 11 is 5.77. The number of halogens is 2. The fourth-order valence-corrected chi connectivity index (χ4v) is 1.90. The summed E-state index contributed by atoms with van der Waals surface area (Å²) in [5.74, 6) is -0.430. The van der Waals surface area contributed by atoms with E-state index in [9.17, 15) is 9.18 Å². The monoisotopic (exact) mass is 307 g/mol. The van der Waals surface area contributed by atoms with Crippen LogP contribution in [0.2, 0.25) is 5.02 Å². The van der Waals surface area contributed by atoms with Gasteiger partial charge in [-0.25, -0.2) is 4.39 Å². The summed E-state index contributed by atoms with van der Waals surface area (Å²) in [7, 11) is 0. The summed E-state index contributed by atoms with van der Waals surface area (Å²) in [6.07, 6.45) is 0.923. The van der Waals surface area contributed by atoms with Crippen molar-refractivity contribution in [3.05, 3.63) is 58.9 Å². The number of carbonyl (C=O) groups excluding carboxylic acids is 1. The minimum atomic E-state index is -0.611. The van der Waals surface area contributed by atoms with Gasteiger partial charge in [0.15, 0.2) is 0 Å². The Balaban J connectivity index is 2.07. The molecule has 2 aromatic carbocycles. The average molecular weight is 308 g/mol. The van der Waals surface area contributed by atoms with Crippen LogP contribution < -0.4 is 10.1 Å². The van der Waals surface area contributed by atoms with E-state index in [-0.39, 0.29) is 5.56 Å². The second-order valence-corrected chi connectivity index (χ2v) is 4.89. The Labute approximate surface area is 127 Å². The van der Waals surface area contributed by atoms with Crippen molar-refractivity contribution < 1.29 is 13.9 Å². The van der Waals surface area contributed by atoms with Crippen LogP contribution in [0.5, 0.6) is 5.75 Å². The largest absolute Gasteiger partial charge is 0.494 e. The lowest BCUT2D eigenvalue weighted by molar-refractivity contribution is 0.102. The Morgan fingerprint density at radius 2 is 1.95 bits per heavy atom. The van der Waals surface area contributed by atoms with Gasteiger partial charge in [0, 0.05) is 10.7 Å². The Hall–Kier alpha value is -2.07. The van der Waals surface area contributed by atoms with E-state index < -0.39 is 11.7 Å². The van der Waals surface area contributed by atoms with Crippen LogP contribution in [0.3, 0.4) is 0 Å². The quantitative estimate of drug-likeness (QED) is 0.882. The molecule has 0 spiro atoms. The Bertz CT molecular complexity index is 629. The van der Waals surface area contributed by atoms with Gasteiger partial charge in [-0.15, -0.1) is 0 Å². The molecule has 0 unspecified atom stereocenters. The predicted octanol–water partition coefficient (Wildman–Crippen LogP) is 4.52. The molecule has 110 valence electrons. The second kappa shape index (κ2) is 7.09. The lowest BCUT2D eigenvalue weighted by atomic mass is 10.2. The van der Waals surface area contributed by atoms with Crippen molar-refractivity contribution in [1.29, 1.82) is 0 Å². The number of ether oxygens (including phenoxy) is 1. The zero-order valence-corrected chi connectivity index (χ0v) is 12.3. The third-order valence-electron chi connectivity index (χ3n) is 2.76. The molecule has 0 atom stereocenters. The maximum atomic E-state index is 13.6. The van der Waals surface area contributed by atoms with Crippen molar-refractivity contribution in [3.63, 3.8) is 0 Å². The van der Waals surface area contributed by atoms with Crippen LogP contribution >= 0.6 is 11.6 Å². The van der Waals surface area contributed by atoms with Gasteiger partial charge in [0.05, 0.1) is 12.2 Å². The number of nitrogens with one attached hydrogen (secondary N) is 1. The van der Waals surface area contributed by atoms with Crippen LogP contribution in [-0.2, 0) is 0 Å². The average Bonchev–Trinajstić information content (AvgIpc) is 2.49. The molecule has 0 saturated carbocycles. The zero-order valence-electron chi connectivity index (χ0n) is 11.5. The highest BCUT2D eigenvalue weighted by molar-refractivity contribution is 6.31. The van der Waals surface area contributed by atoms with Gasteiger partial charge in [-0.3, -0.25) is 4.79 Å². The van der Waals surface area contributed by atoms with E-state index in [1.807, 2.05) is 6.92 Å². The van der Waals surface area contributed by atoms with Crippen LogP contribution in [0.25, 0.3) is 0 Å². The lowest BCUT2D eigenvalue weighted by Gasteiger charge is -2.08. The maximum absolute atomic E-state index is 13.6. The molecular weight excluding hydrogens is 293 g/mol. The molecule has 0 aliphatic rings. The topological polar surface area (TPSA) is 38.3 Å². The van der Waals surface area contributed by atoms with Crippen LogP contribution in [0.15, 0.2) is 42.5 Å². The van der Waals surface area contributed by atoms with Crippen molar-refractivity contribution >= 4 is 23.2 Å². The number of amides is 1. The van der Waals surface area contributed by atoms with Gasteiger partial charge in [0.1, 0.15) is 11.6 Å². The number of rotatable bonds is 5. The van der Waals surface area contributed by atoms with Crippen LogP contribution in [0.1, 0.15) is 23.7 Å². The van der Waals surface area contributed by atoms with Crippen LogP contribution in [0, 0.1) is 5.82 Å². The summed E-state index contributed by atoms with van der Waals surface area (Å²) in [5, 5.41) is 2.93. The molecule has 0 aromatic heterocycles. The highest BCUT2D eigenvalue weighted by atomic mass is 35.5. The Morgan fingerprint density at radius 1 is 1.24 bits per heavy atom. The Kier molecular flexibility index (Phi) is 5.17. The van der Waals surface area contributed by atoms with Gasteiger partial charge in [-0.2, -0.15) is 0 Å². The number of hydrogen-bond donors (Lipinski definition) is 1. The molecule has 1 amide bonds. The molecule has 0 aliphatic heterocycles. The molecule has 3 nitrogen and oxygen atoms in total. The third kappa shape index (κ3) is 4.20. The molecular formula is C16H15ClFNO2. The van der Waals surface area contributed by atoms with E-state index in [1.165, 1.54) is 18.2 Å². The Morgan fingerprint density at radius 3 is 2.62 bits per heavy atom. The zero-order chi connectivity index (χ0) is 15.2. The van der Waals surface area contributed by atoms with E-state index in [0.29, 0.717) is 17.3 Å². The standard InChI is InChI=1S/C16H15ClFNO2/c1-2-9-21-13-6-4-12(5-7-13)19-16(20)14-10-11(17)3-8-15(14)18/h3-8,10H,2,9H2,1H3,(H,19,20). The predicted molar refractivity (Wildman–Crippen MR) is 81.6 cm³/mol. The summed E-state index contributed by atoms with van der Waals surface area (Å²) in [4.78, 5) is 12.0.